The molecule has 1 aliphatic heterocycles. The molecule has 6 nitrogen and oxygen atoms in total. The Morgan fingerprint density at radius 3 is 2.63 bits per heavy atom. The van der Waals surface area contributed by atoms with Crippen LogP contribution in [0.25, 0.3) is 5.69 Å². The lowest BCUT2D eigenvalue weighted by Crippen LogP contribution is -2.22. The number of methoxy groups -OCH3 is 1. The van der Waals surface area contributed by atoms with Crippen LogP contribution < -0.4 is 14.8 Å². The van der Waals surface area contributed by atoms with E-state index in [4.69, 9.17) is 14.6 Å². The lowest BCUT2D eigenvalue weighted by Gasteiger charge is -2.19. The van der Waals surface area contributed by atoms with Gasteiger partial charge in [0.15, 0.2) is 11.5 Å². The number of carbonyl (C=O) groups is 1. The van der Waals surface area contributed by atoms with Gasteiger partial charge in [-0.3, -0.25) is 4.79 Å². The molecule has 2 atom stereocenters. The normalized spacial score (nSPS) is 18.3. The fourth-order valence-corrected chi connectivity index (χ4v) is 4.96. The van der Waals surface area contributed by atoms with Crippen molar-refractivity contribution in [2.75, 3.05) is 19.0 Å². The van der Waals surface area contributed by atoms with Crippen LogP contribution >= 0.6 is 11.8 Å². The van der Waals surface area contributed by atoms with Gasteiger partial charge in [-0.05, 0) is 50.6 Å². The van der Waals surface area contributed by atoms with Gasteiger partial charge in [0, 0.05) is 5.56 Å². The van der Waals surface area contributed by atoms with Gasteiger partial charge >= 0.3 is 0 Å². The van der Waals surface area contributed by atoms with Crippen LogP contribution in [0.2, 0.25) is 0 Å². The van der Waals surface area contributed by atoms with Crippen LogP contribution in [0.1, 0.15) is 35.9 Å². The summed E-state index contributed by atoms with van der Waals surface area (Å²) in [4.78, 5) is 12.8. The van der Waals surface area contributed by atoms with Gasteiger partial charge in [0.25, 0.3) is 0 Å². The molecule has 0 spiro atoms. The van der Waals surface area contributed by atoms with Crippen LogP contribution in [-0.2, 0) is 4.79 Å². The van der Waals surface area contributed by atoms with Crippen LogP contribution in [0, 0.1) is 6.92 Å². The second-order valence-electron chi connectivity index (χ2n) is 7.09. The van der Waals surface area contributed by atoms with E-state index in [1.807, 2.05) is 74.0 Å². The zero-order valence-corrected chi connectivity index (χ0v) is 18.3. The molecule has 0 unspecified atom stereocenters. The molecule has 1 N–H and O–H groups in total. The van der Waals surface area contributed by atoms with Crippen molar-refractivity contribution >= 4 is 23.5 Å². The summed E-state index contributed by atoms with van der Waals surface area (Å²) in [6.07, 6.45) is 0. The Balaban J connectivity index is 1.87. The molecule has 2 heterocycles. The van der Waals surface area contributed by atoms with Crippen LogP contribution in [0.3, 0.4) is 0 Å². The van der Waals surface area contributed by atoms with E-state index in [9.17, 15) is 4.79 Å². The van der Waals surface area contributed by atoms with E-state index in [0.29, 0.717) is 18.1 Å². The summed E-state index contributed by atoms with van der Waals surface area (Å²) in [6.45, 7) is 6.43. The number of rotatable bonds is 5. The number of aromatic nitrogens is 2. The summed E-state index contributed by atoms with van der Waals surface area (Å²) in [5, 5.41) is 7.57. The van der Waals surface area contributed by atoms with E-state index in [1.54, 1.807) is 18.9 Å². The van der Waals surface area contributed by atoms with Crippen molar-refractivity contribution in [2.45, 2.75) is 31.3 Å². The number of para-hydroxylation sites is 1. The fourth-order valence-electron chi connectivity index (χ4n) is 3.65. The van der Waals surface area contributed by atoms with Crippen molar-refractivity contribution in [3.63, 3.8) is 0 Å². The summed E-state index contributed by atoms with van der Waals surface area (Å²) in [6, 6.07) is 15.8. The average molecular weight is 424 g/mol. The van der Waals surface area contributed by atoms with Crippen LogP contribution in [0.4, 0.5) is 5.82 Å². The maximum Gasteiger partial charge on any atom is 0.238 e. The molecule has 0 saturated heterocycles. The molecule has 4 rings (SSSR count). The molecule has 0 fully saturated rings. The van der Waals surface area contributed by atoms with E-state index in [1.165, 1.54) is 0 Å². The minimum absolute atomic E-state index is 0.0290. The minimum atomic E-state index is -0.219. The molecule has 0 bridgehead atoms. The molecule has 1 amide bonds. The summed E-state index contributed by atoms with van der Waals surface area (Å²) in [5.41, 5.74) is 3.84. The number of hydrogen-bond acceptors (Lipinski definition) is 5. The molecule has 1 aliphatic rings. The Bertz CT molecular complexity index is 1070. The SMILES string of the molecule is CCOc1ccc([C@@H]2S[C@@H](C)C(=O)Nc3c2c(C)nn3-c2ccccc2)cc1OC. The Kier molecular flexibility index (Phi) is 5.72. The van der Waals surface area contributed by atoms with E-state index in [2.05, 4.69) is 5.32 Å². The molecule has 3 aromatic rings. The zero-order valence-electron chi connectivity index (χ0n) is 17.5. The highest BCUT2D eigenvalue weighted by Gasteiger charge is 2.34. The monoisotopic (exact) mass is 423 g/mol. The maximum absolute atomic E-state index is 12.8. The van der Waals surface area contributed by atoms with Gasteiger partial charge in [-0.15, -0.1) is 11.8 Å². The molecule has 0 radical (unpaired) electrons. The summed E-state index contributed by atoms with van der Waals surface area (Å²) >= 11 is 1.61. The van der Waals surface area contributed by atoms with E-state index in [0.717, 1.165) is 28.3 Å². The lowest BCUT2D eigenvalue weighted by molar-refractivity contribution is -0.115. The topological polar surface area (TPSA) is 65.4 Å². The largest absolute Gasteiger partial charge is 0.493 e. The molecule has 30 heavy (non-hydrogen) atoms. The Hall–Kier alpha value is -2.93. The third-order valence-corrected chi connectivity index (χ3v) is 6.51. The van der Waals surface area contributed by atoms with Gasteiger partial charge in [-0.1, -0.05) is 24.3 Å². The number of benzene rings is 2. The number of nitrogens with one attached hydrogen (secondary N) is 1. The van der Waals surface area contributed by atoms with Crippen molar-refractivity contribution in [3.05, 3.63) is 65.4 Å². The summed E-state index contributed by atoms with van der Waals surface area (Å²) in [5.74, 6) is 2.08. The highest BCUT2D eigenvalue weighted by Crippen LogP contribution is 2.47. The molecule has 1 aromatic heterocycles. The Labute approximate surface area is 180 Å². The lowest BCUT2D eigenvalue weighted by atomic mass is 10.0. The number of anilines is 1. The van der Waals surface area contributed by atoms with Gasteiger partial charge in [0.05, 0.1) is 35.6 Å². The number of carbonyl (C=O) groups excluding carboxylic acids is 1. The molecule has 156 valence electrons. The van der Waals surface area contributed by atoms with Crippen molar-refractivity contribution in [2.24, 2.45) is 0 Å². The third kappa shape index (κ3) is 3.65. The molecular weight excluding hydrogens is 398 g/mol. The minimum Gasteiger partial charge on any atom is -0.493 e. The number of fused-ring (bicyclic) bond motifs is 1. The average Bonchev–Trinajstić information content (AvgIpc) is 3.01. The molecular formula is C23H25N3O3S. The van der Waals surface area contributed by atoms with E-state index < -0.39 is 0 Å². The first-order chi connectivity index (χ1) is 14.5. The molecule has 0 aliphatic carbocycles. The number of amides is 1. The Morgan fingerprint density at radius 2 is 1.93 bits per heavy atom. The van der Waals surface area contributed by atoms with Gasteiger partial charge in [-0.25, -0.2) is 4.68 Å². The highest BCUT2D eigenvalue weighted by atomic mass is 32.2. The number of ether oxygens (including phenoxy) is 2. The van der Waals surface area contributed by atoms with Gasteiger partial charge < -0.3 is 14.8 Å². The predicted octanol–water partition coefficient (Wildman–Crippen LogP) is 4.75. The maximum atomic E-state index is 12.8. The first-order valence-electron chi connectivity index (χ1n) is 9.95. The quantitative estimate of drug-likeness (QED) is 0.641. The van der Waals surface area contributed by atoms with Crippen molar-refractivity contribution < 1.29 is 14.3 Å². The number of thioether (sulfide) groups is 1. The molecule has 0 saturated carbocycles. The smallest absolute Gasteiger partial charge is 0.238 e. The summed E-state index contributed by atoms with van der Waals surface area (Å²) in [7, 11) is 1.64. The van der Waals surface area contributed by atoms with Crippen molar-refractivity contribution in [1.29, 1.82) is 0 Å². The second-order valence-corrected chi connectivity index (χ2v) is 8.54. The van der Waals surface area contributed by atoms with Gasteiger partial charge in [-0.2, -0.15) is 5.10 Å². The van der Waals surface area contributed by atoms with Crippen LogP contribution in [0.5, 0.6) is 11.5 Å². The summed E-state index contributed by atoms with van der Waals surface area (Å²) < 4.78 is 13.1. The van der Waals surface area contributed by atoms with Gasteiger partial charge in [0.1, 0.15) is 5.82 Å². The molecule has 7 heteroatoms. The van der Waals surface area contributed by atoms with Crippen molar-refractivity contribution in [1.82, 2.24) is 9.78 Å². The van der Waals surface area contributed by atoms with Crippen molar-refractivity contribution in [3.8, 4) is 17.2 Å². The standard InChI is InChI=1S/C23H25N3O3S/c1-5-29-18-12-11-16(13-19(18)28-4)21-20-14(2)25-26(17-9-7-6-8-10-17)22(20)24-23(27)15(3)30-21/h6-13,15,21H,5H2,1-4H3,(H,24,27)/t15-,21-/m0/s1. The zero-order chi connectivity index (χ0) is 21.3. The van der Waals surface area contributed by atoms with Gasteiger partial charge in [0.2, 0.25) is 5.91 Å². The van der Waals surface area contributed by atoms with E-state index in [-0.39, 0.29) is 16.4 Å². The second kappa shape index (κ2) is 8.44. The van der Waals surface area contributed by atoms with Crippen LogP contribution in [-0.4, -0.2) is 34.7 Å². The third-order valence-electron chi connectivity index (χ3n) is 5.11. The molecule has 2 aromatic carbocycles. The first kappa shape index (κ1) is 20.3. The predicted molar refractivity (Wildman–Crippen MR) is 120 cm³/mol. The fraction of sp³-hybridized carbons (Fsp3) is 0.304. The number of aryl methyl sites for hydroxylation is 1. The number of nitrogens with zero attached hydrogens (tertiary/aromatic N) is 2. The Morgan fingerprint density at radius 1 is 1.17 bits per heavy atom. The van der Waals surface area contributed by atoms with E-state index >= 15 is 0 Å². The highest BCUT2D eigenvalue weighted by molar-refractivity contribution is 8.01. The first-order valence-corrected chi connectivity index (χ1v) is 10.9. The van der Waals surface area contributed by atoms with Crippen LogP contribution in [0.15, 0.2) is 48.5 Å². The number of hydrogen-bond donors (Lipinski definition) is 1.